The molecule has 0 aliphatic carbocycles. The van der Waals surface area contributed by atoms with Gasteiger partial charge in [0.05, 0.1) is 18.4 Å². The summed E-state index contributed by atoms with van der Waals surface area (Å²) in [6.45, 7) is 3.93. The fourth-order valence-electron chi connectivity index (χ4n) is 2.99. The number of methoxy groups -OCH3 is 1. The molecule has 0 spiro atoms. The van der Waals surface area contributed by atoms with Crippen molar-refractivity contribution in [2.24, 2.45) is 0 Å². The molecule has 0 fully saturated rings. The summed E-state index contributed by atoms with van der Waals surface area (Å²) in [6.07, 6.45) is 1.23. The van der Waals surface area contributed by atoms with Crippen LogP contribution in [-0.2, 0) is 10.0 Å². The van der Waals surface area contributed by atoms with Gasteiger partial charge in [0.15, 0.2) is 0 Å². The number of nitrogens with one attached hydrogen (secondary N) is 1. The van der Waals surface area contributed by atoms with Crippen molar-refractivity contribution in [2.45, 2.75) is 18.7 Å². The average molecular weight is 431 g/mol. The van der Waals surface area contributed by atoms with Crippen molar-refractivity contribution in [1.82, 2.24) is 9.71 Å². The highest BCUT2D eigenvalue weighted by Gasteiger charge is 2.22. The average Bonchev–Trinajstić information content (AvgIpc) is 2.67. The molecule has 0 saturated heterocycles. The zero-order valence-corrected chi connectivity index (χ0v) is 17.6. The van der Waals surface area contributed by atoms with E-state index in [1.165, 1.54) is 37.6 Å². The lowest BCUT2D eigenvalue weighted by atomic mass is 10.00. The van der Waals surface area contributed by atoms with E-state index < -0.39 is 15.9 Å². The first-order valence-corrected chi connectivity index (χ1v) is 10.5. The number of pyridine rings is 1. The molecule has 6 nitrogen and oxygen atoms in total. The molecule has 0 aliphatic rings. The Hall–Kier alpha value is -2.90. The summed E-state index contributed by atoms with van der Waals surface area (Å²) >= 11 is 5.88. The van der Waals surface area contributed by atoms with Crippen molar-refractivity contribution in [2.75, 3.05) is 7.11 Å². The van der Waals surface area contributed by atoms with Crippen molar-refractivity contribution >= 4 is 27.5 Å². The molecule has 3 rings (SSSR count). The number of nitrogens with zero attached hydrogens (tertiary/aromatic N) is 1. The van der Waals surface area contributed by atoms with E-state index in [2.05, 4.69) is 4.98 Å². The maximum atomic E-state index is 12.6. The van der Waals surface area contributed by atoms with Crippen molar-refractivity contribution < 1.29 is 17.9 Å². The molecule has 29 heavy (non-hydrogen) atoms. The first-order chi connectivity index (χ1) is 13.7. The summed E-state index contributed by atoms with van der Waals surface area (Å²) in [7, 11) is -2.74. The van der Waals surface area contributed by atoms with Crippen LogP contribution in [-0.4, -0.2) is 26.4 Å². The van der Waals surface area contributed by atoms with Crippen molar-refractivity contribution in [1.29, 1.82) is 0 Å². The van der Waals surface area contributed by atoms with Crippen molar-refractivity contribution in [3.8, 4) is 17.0 Å². The number of aromatic nitrogens is 1. The van der Waals surface area contributed by atoms with Crippen LogP contribution in [0, 0.1) is 13.8 Å². The predicted molar refractivity (Wildman–Crippen MR) is 112 cm³/mol. The smallest absolute Gasteiger partial charge is 0.268 e. The number of ether oxygens (including phenoxy) is 1. The van der Waals surface area contributed by atoms with Gasteiger partial charge in [-0.1, -0.05) is 29.8 Å². The van der Waals surface area contributed by atoms with Gasteiger partial charge in [0.25, 0.3) is 15.9 Å². The number of halogens is 1. The van der Waals surface area contributed by atoms with Crippen LogP contribution in [0.2, 0.25) is 5.02 Å². The first-order valence-electron chi connectivity index (χ1n) is 8.66. The zero-order chi connectivity index (χ0) is 21.2. The molecule has 1 heterocycles. The number of rotatable bonds is 5. The normalized spacial score (nSPS) is 11.2. The maximum absolute atomic E-state index is 12.6. The van der Waals surface area contributed by atoms with Gasteiger partial charge in [-0.25, -0.2) is 13.1 Å². The Balaban J connectivity index is 1.88. The zero-order valence-electron chi connectivity index (χ0n) is 16.1. The largest absolute Gasteiger partial charge is 0.496 e. The van der Waals surface area contributed by atoms with Gasteiger partial charge in [-0.3, -0.25) is 9.78 Å². The lowest BCUT2D eigenvalue weighted by molar-refractivity contribution is 0.0978. The highest BCUT2D eigenvalue weighted by molar-refractivity contribution is 7.90. The van der Waals surface area contributed by atoms with Gasteiger partial charge in [-0.2, -0.15) is 0 Å². The van der Waals surface area contributed by atoms with Gasteiger partial charge in [0.1, 0.15) is 10.6 Å². The highest BCUT2D eigenvalue weighted by atomic mass is 35.5. The van der Waals surface area contributed by atoms with E-state index >= 15 is 0 Å². The molecule has 1 amide bonds. The van der Waals surface area contributed by atoms with E-state index in [9.17, 15) is 13.2 Å². The number of hydrogen-bond donors (Lipinski definition) is 1. The molecule has 8 heteroatoms. The molecular formula is C21H19ClN2O4S. The summed E-state index contributed by atoms with van der Waals surface area (Å²) in [5, 5.41) is 0.368. The number of sulfonamides is 1. The molecule has 0 saturated carbocycles. The summed E-state index contributed by atoms with van der Waals surface area (Å²) in [4.78, 5) is 16.6. The van der Waals surface area contributed by atoms with Gasteiger partial charge in [-0.05, 0) is 55.3 Å². The number of carbonyl (C=O) groups is 1. The van der Waals surface area contributed by atoms with Gasteiger partial charge in [-0.15, -0.1) is 0 Å². The topological polar surface area (TPSA) is 85.4 Å². The molecule has 0 unspecified atom stereocenters. The van der Waals surface area contributed by atoms with Crippen LogP contribution in [0.3, 0.4) is 0 Å². The quantitative estimate of drug-likeness (QED) is 0.657. The molecule has 0 radical (unpaired) electrons. The van der Waals surface area contributed by atoms with E-state index in [-0.39, 0.29) is 16.2 Å². The molecule has 0 aliphatic heterocycles. The van der Waals surface area contributed by atoms with Crippen LogP contribution in [0.4, 0.5) is 0 Å². The first kappa shape index (κ1) is 20.8. The minimum atomic E-state index is -4.11. The number of hydrogen-bond acceptors (Lipinski definition) is 5. The number of benzene rings is 2. The standard InChI is InChI=1S/C21H19ClN2O4S/c1-13-5-4-6-14(2)20(13)18-10-8-16(12-23-18)29(26,27)24-21(25)17-9-7-15(22)11-19(17)28-3/h4-12H,1-3H3,(H,24,25). The summed E-state index contributed by atoms with van der Waals surface area (Å²) in [6, 6.07) is 13.2. The van der Waals surface area contributed by atoms with Crippen LogP contribution < -0.4 is 9.46 Å². The predicted octanol–water partition coefficient (Wildman–Crippen LogP) is 4.15. The number of aryl methyl sites for hydroxylation is 2. The molecule has 0 bridgehead atoms. The SMILES string of the molecule is COc1cc(Cl)ccc1C(=O)NS(=O)(=O)c1ccc(-c2c(C)cccc2C)nc1. The maximum Gasteiger partial charge on any atom is 0.268 e. The van der Waals surface area contributed by atoms with E-state index in [1.807, 2.05) is 36.8 Å². The minimum absolute atomic E-state index is 0.0561. The molecular weight excluding hydrogens is 412 g/mol. The van der Waals surface area contributed by atoms with E-state index in [0.717, 1.165) is 16.7 Å². The van der Waals surface area contributed by atoms with Crippen LogP contribution in [0.5, 0.6) is 5.75 Å². The number of amides is 1. The summed E-state index contributed by atoms with van der Waals surface area (Å²) < 4.78 is 32.4. The fourth-order valence-corrected chi connectivity index (χ4v) is 4.07. The van der Waals surface area contributed by atoms with E-state index in [1.54, 1.807) is 6.07 Å². The third-order valence-corrected chi connectivity index (χ3v) is 5.97. The Morgan fingerprint density at radius 2 is 1.76 bits per heavy atom. The van der Waals surface area contributed by atoms with Crippen LogP contribution in [0.25, 0.3) is 11.3 Å². The van der Waals surface area contributed by atoms with E-state index in [4.69, 9.17) is 16.3 Å². The number of carbonyl (C=O) groups excluding carboxylic acids is 1. The molecule has 3 aromatic rings. The molecule has 1 aromatic heterocycles. The summed E-state index contributed by atoms with van der Waals surface area (Å²) in [5.41, 5.74) is 3.74. The lowest BCUT2D eigenvalue weighted by Gasteiger charge is -2.12. The van der Waals surface area contributed by atoms with Gasteiger partial charge >= 0.3 is 0 Å². The Bertz CT molecular complexity index is 1160. The third-order valence-electron chi connectivity index (χ3n) is 4.42. The van der Waals surface area contributed by atoms with Crippen LogP contribution >= 0.6 is 11.6 Å². The van der Waals surface area contributed by atoms with Gasteiger partial charge in [0, 0.05) is 16.8 Å². The fraction of sp³-hybridized carbons (Fsp3) is 0.143. The van der Waals surface area contributed by atoms with Crippen LogP contribution in [0.1, 0.15) is 21.5 Å². The lowest BCUT2D eigenvalue weighted by Crippen LogP contribution is -2.31. The van der Waals surface area contributed by atoms with Gasteiger partial charge < -0.3 is 4.74 Å². The van der Waals surface area contributed by atoms with Crippen molar-refractivity contribution in [3.05, 3.63) is 76.4 Å². The molecule has 150 valence electrons. The second-order valence-corrected chi connectivity index (χ2v) is 8.54. The Morgan fingerprint density at radius 3 is 2.34 bits per heavy atom. The van der Waals surface area contributed by atoms with Crippen LogP contribution in [0.15, 0.2) is 59.6 Å². The Kier molecular flexibility index (Phi) is 5.91. The molecule has 0 atom stereocenters. The second-order valence-electron chi connectivity index (χ2n) is 6.43. The van der Waals surface area contributed by atoms with E-state index in [0.29, 0.717) is 10.7 Å². The highest BCUT2D eigenvalue weighted by Crippen LogP contribution is 2.26. The minimum Gasteiger partial charge on any atom is -0.496 e. The molecule has 1 N–H and O–H groups in total. The van der Waals surface area contributed by atoms with Crippen molar-refractivity contribution in [3.63, 3.8) is 0 Å². The Morgan fingerprint density at radius 1 is 1.07 bits per heavy atom. The molecule has 2 aromatic carbocycles. The second kappa shape index (κ2) is 8.23. The third kappa shape index (κ3) is 4.41. The summed E-state index contributed by atoms with van der Waals surface area (Å²) in [5.74, 6) is -0.647. The van der Waals surface area contributed by atoms with Gasteiger partial charge in [0.2, 0.25) is 0 Å². The monoisotopic (exact) mass is 430 g/mol. The Labute approximate surface area is 174 Å².